The van der Waals surface area contributed by atoms with E-state index in [1.165, 1.54) is 22.9 Å². The van der Waals surface area contributed by atoms with Crippen molar-refractivity contribution in [2.75, 3.05) is 22.3 Å². The number of imidazole rings is 1. The van der Waals surface area contributed by atoms with Crippen LogP contribution >= 0.6 is 11.9 Å². The number of nitrogens with one attached hydrogen (secondary N) is 2. The summed E-state index contributed by atoms with van der Waals surface area (Å²) in [5.41, 5.74) is 3.40. The molecule has 3 aromatic carbocycles. The lowest BCUT2D eigenvalue weighted by Gasteiger charge is -2.14. The van der Waals surface area contributed by atoms with Crippen LogP contribution in [0.15, 0.2) is 66.9 Å². The fourth-order valence-corrected chi connectivity index (χ4v) is 5.83. The molecule has 0 saturated carbocycles. The van der Waals surface area contributed by atoms with Gasteiger partial charge in [0, 0.05) is 35.3 Å². The van der Waals surface area contributed by atoms with E-state index in [0.29, 0.717) is 33.9 Å². The number of hydrogen-bond donors (Lipinski definition) is 2. The summed E-state index contributed by atoms with van der Waals surface area (Å²) >= 11 is 1.37. The van der Waals surface area contributed by atoms with Gasteiger partial charge in [-0.25, -0.2) is 23.7 Å². The monoisotopic (exact) mass is 599 g/mol. The molecule has 43 heavy (non-hydrogen) atoms. The summed E-state index contributed by atoms with van der Waals surface area (Å²) in [7, 11) is 0. The predicted octanol–water partition coefficient (Wildman–Crippen LogP) is 6.76. The maximum atomic E-state index is 15.0. The van der Waals surface area contributed by atoms with Crippen LogP contribution in [0.2, 0.25) is 0 Å². The lowest BCUT2D eigenvalue weighted by Crippen LogP contribution is -2.32. The first-order valence-corrected chi connectivity index (χ1v) is 14.6. The molecule has 2 amide bonds. The van der Waals surface area contributed by atoms with Crippen molar-refractivity contribution in [2.45, 2.75) is 26.8 Å². The van der Waals surface area contributed by atoms with Gasteiger partial charge in [-0.1, -0.05) is 24.1 Å². The molecule has 2 N–H and O–H groups in total. The van der Waals surface area contributed by atoms with Gasteiger partial charge in [0.25, 0.3) is 11.8 Å². The van der Waals surface area contributed by atoms with Gasteiger partial charge in [0.05, 0.1) is 22.8 Å². The molecule has 0 bridgehead atoms. The number of halogens is 2. The Morgan fingerprint density at radius 1 is 0.907 bits per heavy atom. The molecular weight excluding hydrogens is 572 g/mol. The number of hydrogen-bond acceptors (Lipinski definition) is 8. The van der Waals surface area contributed by atoms with Crippen LogP contribution in [0.4, 0.5) is 26.1 Å². The Bertz CT molecular complexity index is 1840. The van der Waals surface area contributed by atoms with Crippen LogP contribution in [-0.2, 0) is 0 Å². The third-order valence-corrected chi connectivity index (χ3v) is 7.85. The van der Waals surface area contributed by atoms with Crippen molar-refractivity contribution in [3.63, 3.8) is 0 Å². The molecule has 0 radical (unpaired) electrons. The molecule has 0 fully saturated rings. The number of nitrogens with zero attached hydrogens (tertiary/aromatic N) is 5. The van der Waals surface area contributed by atoms with E-state index in [4.69, 9.17) is 0 Å². The van der Waals surface area contributed by atoms with Gasteiger partial charge in [0.2, 0.25) is 5.95 Å². The average molecular weight is 600 g/mol. The van der Waals surface area contributed by atoms with Crippen molar-refractivity contribution in [3.8, 4) is 11.3 Å². The summed E-state index contributed by atoms with van der Waals surface area (Å²) in [4.78, 5) is 39.0. The molecule has 1 aliphatic rings. The highest BCUT2D eigenvalue weighted by Crippen LogP contribution is 2.31. The summed E-state index contributed by atoms with van der Waals surface area (Å²) in [6.07, 6.45) is 1.05. The van der Waals surface area contributed by atoms with Crippen molar-refractivity contribution in [1.82, 2.24) is 24.4 Å². The van der Waals surface area contributed by atoms with E-state index < -0.39 is 11.6 Å². The van der Waals surface area contributed by atoms with Crippen LogP contribution < -0.4 is 10.0 Å². The Hall–Kier alpha value is -4.84. The standard InChI is InChI=1S/C31H27F2N7O2S/c1-17(2)40-18(3)35-28-24(32)14-19(15-26(28)40)27-25(33)16-34-31(37-27)36-20-8-10-21(11-9-20)38-43-13-12-39-29(41)22-6-4-5-7-23(22)30(39)42/h4-11,14-17,38H,12-13H2,1-3H3,(H,34,36,37). The van der Waals surface area contributed by atoms with E-state index >= 15 is 0 Å². The van der Waals surface area contributed by atoms with E-state index in [9.17, 15) is 18.4 Å². The van der Waals surface area contributed by atoms with Gasteiger partial charge in [0.1, 0.15) is 17.0 Å². The molecule has 12 heteroatoms. The lowest BCUT2D eigenvalue weighted by molar-refractivity contribution is 0.0664. The molecule has 0 atom stereocenters. The number of carbonyl (C=O) groups excluding carboxylic acids is 2. The molecule has 5 aromatic rings. The molecule has 0 aliphatic carbocycles. The Morgan fingerprint density at radius 3 is 2.26 bits per heavy atom. The minimum Gasteiger partial charge on any atom is -0.330 e. The number of aryl methyl sites for hydroxylation is 1. The fraction of sp³-hybridized carbons (Fsp3) is 0.194. The molecule has 0 unspecified atom stereocenters. The summed E-state index contributed by atoms with van der Waals surface area (Å²) < 4.78 is 34.9. The van der Waals surface area contributed by atoms with Gasteiger partial charge >= 0.3 is 0 Å². The molecule has 1 aliphatic heterocycles. The van der Waals surface area contributed by atoms with E-state index in [-0.39, 0.29) is 47.1 Å². The van der Waals surface area contributed by atoms with Crippen LogP contribution in [0.3, 0.4) is 0 Å². The first kappa shape index (κ1) is 28.3. The van der Waals surface area contributed by atoms with Crippen molar-refractivity contribution < 1.29 is 18.4 Å². The molecule has 0 spiro atoms. The SMILES string of the molecule is Cc1nc2c(F)cc(-c3nc(Nc4ccc(NSCCN5C(=O)c6ccccc6C5=O)cc4)ncc3F)cc2n1C(C)C. The van der Waals surface area contributed by atoms with Crippen molar-refractivity contribution >= 4 is 52.1 Å². The number of imide groups is 1. The van der Waals surface area contributed by atoms with Crippen LogP contribution in [0.25, 0.3) is 22.3 Å². The second kappa shape index (κ2) is 11.4. The van der Waals surface area contributed by atoms with Crippen molar-refractivity contribution in [3.05, 3.63) is 95.4 Å². The number of aromatic nitrogens is 4. The normalized spacial score (nSPS) is 12.8. The minimum absolute atomic E-state index is 0.0276. The number of benzene rings is 3. The first-order valence-electron chi connectivity index (χ1n) is 13.6. The third kappa shape index (κ3) is 5.41. The first-order chi connectivity index (χ1) is 20.7. The minimum atomic E-state index is -0.672. The summed E-state index contributed by atoms with van der Waals surface area (Å²) in [5, 5.41) is 3.06. The van der Waals surface area contributed by atoms with Crippen molar-refractivity contribution in [2.24, 2.45) is 0 Å². The Kier molecular flexibility index (Phi) is 7.53. The summed E-state index contributed by atoms with van der Waals surface area (Å²) in [6, 6.07) is 17.1. The Labute approximate surface area is 250 Å². The third-order valence-electron chi connectivity index (χ3n) is 7.09. The maximum Gasteiger partial charge on any atom is 0.261 e. The topological polar surface area (TPSA) is 105 Å². The van der Waals surface area contributed by atoms with E-state index in [1.807, 2.05) is 37.5 Å². The number of amides is 2. The molecule has 3 heterocycles. The van der Waals surface area contributed by atoms with Crippen molar-refractivity contribution in [1.29, 1.82) is 0 Å². The van der Waals surface area contributed by atoms with E-state index in [1.54, 1.807) is 42.5 Å². The highest BCUT2D eigenvalue weighted by Gasteiger charge is 2.34. The second-order valence-electron chi connectivity index (χ2n) is 10.3. The van der Waals surface area contributed by atoms with E-state index in [2.05, 4.69) is 25.0 Å². The predicted molar refractivity (Wildman–Crippen MR) is 163 cm³/mol. The number of anilines is 3. The Balaban J connectivity index is 1.10. The van der Waals surface area contributed by atoms with Gasteiger partial charge in [-0.15, -0.1) is 0 Å². The van der Waals surface area contributed by atoms with E-state index in [0.717, 1.165) is 11.9 Å². The van der Waals surface area contributed by atoms with Crippen LogP contribution in [0, 0.1) is 18.6 Å². The molecular formula is C31H27F2N7O2S. The second-order valence-corrected chi connectivity index (χ2v) is 11.2. The van der Waals surface area contributed by atoms with Gasteiger partial charge in [0.15, 0.2) is 11.6 Å². The average Bonchev–Trinajstić information content (AvgIpc) is 3.46. The molecule has 6 rings (SSSR count). The number of fused-ring (bicyclic) bond motifs is 2. The zero-order valence-corrected chi connectivity index (χ0v) is 24.4. The molecule has 9 nitrogen and oxygen atoms in total. The van der Waals surface area contributed by atoms with Gasteiger partial charge in [-0.2, -0.15) is 0 Å². The maximum absolute atomic E-state index is 15.0. The zero-order valence-electron chi connectivity index (χ0n) is 23.6. The quantitative estimate of drug-likeness (QED) is 0.109. The summed E-state index contributed by atoms with van der Waals surface area (Å²) in [5.74, 6) is -0.438. The highest BCUT2D eigenvalue weighted by molar-refractivity contribution is 8.00. The van der Waals surface area contributed by atoms with Crippen LogP contribution in [-0.4, -0.2) is 48.5 Å². The van der Waals surface area contributed by atoms with Gasteiger partial charge in [-0.3, -0.25) is 14.5 Å². The highest BCUT2D eigenvalue weighted by atomic mass is 32.2. The molecule has 0 saturated heterocycles. The van der Waals surface area contributed by atoms with Gasteiger partial charge in [-0.05, 0) is 69.3 Å². The largest absolute Gasteiger partial charge is 0.330 e. The Morgan fingerprint density at radius 2 is 1.58 bits per heavy atom. The number of carbonyl (C=O) groups is 2. The number of rotatable bonds is 9. The van der Waals surface area contributed by atoms with Crippen LogP contribution in [0.1, 0.15) is 46.4 Å². The lowest BCUT2D eigenvalue weighted by atomic mass is 10.1. The molecule has 2 aromatic heterocycles. The zero-order chi connectivity index (χ0) is 30.2. The fourth-order valence-electron chi connectivity index (χ4n) is 5.15. The smallest absolute Gasteiger partial charge is 0.261 e. The van der Waals surface area contributed by atoms with Crippen LogP contribution in [0.5, 0.6) is 0 Å². The van der Waals surface area contributed by atoms with Gasteiger partial charge < -0.3 is 14.6 Å². The molecule has 218 valence electrons. The summed E-state index contributed by atoms with van der Waals surface area (Å²) in [6.45, 7) is 6.04.